The Balaban J connectivity index is 2.47. The van der Waals surface area contributed by atoms with E-state index >= 15 is 0 Å². The molecule has 1 aromatic carbocycles. The monoisotopic (exact) mass is 241 g/mol. The molecule has 0 aromatic heterocycles. The van der Waals surface area contributed by atoms with E-state index in [2.05, 4.69) is 10.1 Å². The number of fused-ring (bicyclic) bond motifs is 1. The average molecular weight is 241 g/mol. The van der Waals surface area contributed by atoms with Gasteiger partial charge >= 0.3 is 6.16 Å². The first kappa shape index (κ1) is 11.7. The number of carbonyl (C=O) groups is 1. The maximum Gasteiger partial charge on any atom is 0.507 e. The molecule has 1 heterocycles. The molecule has 0 radical (unpaired) electrons. The zero-order valence-corrected chi connectivity index (χ0v) is 9.20. The molecule has 0 spiro atoms. The fourth-order valence-corrected chi connectivity index (χ4v) is 1.97. The van der Waals surface area contributed by atoms with Crippen molar-refractivity contribution in [3.63, 3.8) is 0 Å². The molecule has 1 aromatic rings. The summed E-state index contributed by atoms with van der Waals surface area (Å²) < 4.78 is 23.4. The lowest BCUT2D eigenvalue weighted by Crippen LogP contribution is -2.33. The van der Waals surface area contributed by atoms with Crippen LogP contribution in [0, 0.1) is 5.82 Å². The number of hydrogen-bond donors (Lipinski definition) is 2. The predicted molar refractivity (Wildman–Crippen MR) is 56.5 cm³/mol. The molecule has 0 saturated carbocycles. The molecule has 0 saturated heterocycles. The molecular formula is C11H12FNO4. The smallest absolute Gasteiger partial charge is 0.496 e. The van der Waals surface area contributed by atoms with Crippen molar-refractivity contribution >= 4 is 6.16 Å². The number of benzene rings is 1. The van der Waals surface area contributed by atoms with Crippen molar-refractivity contribution < 1.29 is 23.8 Å². The summed E-state index contributed by atoms with van der Waals surface area (Å²) in [5.74, 6) is 0.0427. The number of nitrogens with one attached hydrogen (secondary N) is 1. The maximum absolute atomic E-state index is 13.6. The molecule has 0 bridgehead atoms. The van der Waals surface area contributed by atoms with Crippen molar-refractivity contribution in [1.29, 1.82) is 0 Å². The summed E-state index contributed by atoms with van der Waals surface area (Å²) in [5.41, 5.74) is 0.857. The van der Waals surface area contributed by atoms with Gasteiger partial charge in [-0.2, -0.15) is 0 Å². The summed E-state index contributed by atoms with van der Waals surface area (Å²) in [4.78, 5) is 10.6. The lowest BCUT2D eigenvalue weighted by atomic mass is 9.98. The van der Waals surface area contributed by atoms with Gasteiger partial charge in [-0.15, -0.1) is 0 Å². The summed E-state index contributed by atoms with van der Waals surface area (Å²) in [7, 11) is 1.44. The van der Waals surface area contributed by atoms with Gasteiger partial charge in [0.05, 0.1) is 12.7 Å². The van der Waals surface area contributed by atoms with Crippen LogP contribution < -0.4 is 10.1 Å². The van der Waals surface area contributed by atoms with Crippen LogP contribution >= 0.6 is 0 Å². The molecule has 1 aliphatic rings. The Kier molecular flexibility index (Phi) is 3.14. The largest absolute Gasteiger partial charge is 0.507 e. The van der Waals surface area contributed by atoms with Crippen LogP contribution in [0.15, 0.2) is 12.1 Å². The molecule has 0 aliphatic carbocycles. The van der Waals surface area contributed by atoms with E-state index in [1.165, 1.54) is 19.2 Å². The van der Waals surface area contributed by atoms with Gasteiger partial charge in [-0.05, 0) is 18.6 Å². The molecule has 2 N–H and O–H groups in total. The van der Waals surface area contributed by atoms with Gasteiger partial charge in [-0.3, -0.25) is 5.32 Å². The van der Waals surface area contributed by atoms with Gasteiger partial charge in [0.2, 0.25) is 0 Å². The van der Waals surface area contributed by atoms with Gasteiger partial charge in [-0.1, -0.05) is 0 Å². The predicted octanol–water partition coefficient (Wildman–Crippen LogP) is 1.67. The Morgan fingerprint density at radius 3 is 3.00 bits per heavy atom. The van der Waals surface area contributed by atoms with Crippen LogP contribution in [0.1, 0.15) is 17.4 Å². The summed E-state index contributed by atoms with van der Waals surface area (Å²) in [6.07, 6.45) is -1.83. The molecule has 1 aliphatic heterocycles. The zero-order valence-electron chi connectivity index (χ0n) is 9.20. The van der Waals surface area contributed by atoms with E-state index < -0.39 is 12.4 Å². The fourth-order valence-electron chi connectivity index (χ4n) is 1.97. The molecule has 0 fully saturated rings. The number of halogens is 1. The summed E-state index contributed by atoms with van der Waals surface area (Å²) in [5, 5.41) is 11.5. The highest BCUT2D eigenvalue weighted by Gasteiger charge is 2.28. The van der Waals surface area contributed by atoms with Crippen molar-refractivity contribution in [2.24, 2.45) is 0 Å². The molecule has 1 atom stereocenters. The van der Waals surface area contributed by atoms with Gasteiger partial charge in [0.25, 0.3) is 0 Å². The average Bonchev–Trinajstić information content (AvgIpc) is 2.30. The molecule has 5 nitrogen and oxygen atoms in total. The highest BCUT2D eigenvalue weighted by Crippen LogP contribution is 2.34. The number of carboxylic acid groups (broad SMARTS) is 1. The van der Waals surface area contributed by atoms with Crippen LogP contribution in [-0.2, 0) is 11.2 Å². The SMILES string of the molecule is COc1ccc(F)c2c1C(OC(=O)O)NCC2. The molecule has 92 valence electrons. The van der Waals surface area contributed by atoms with Crippen LogP contribution in [0.3, 0.4) is 0 Å². The molecule has 2 rings (SSSR count). The van der Waals surface area contributed by atoms with Crippen molar-refractivity contribution in [2.45, 2.75) is 12.6 Å². The third kappa shape index (κ3) is 2.16. The standard InChI is InChI=1S/C11H12FNO4/c1-16-8-3-2-7(12)6-4-5-13-10(9(6)8)17-11(14)15/h2-3,10,13H,4-5H2,1H3,(H,14,15). The third-order valence-electron chi connectivity index (χ3n) is 2.67. The van der Waals surface area contributed by atoms with Crippen molar-refractivity contribution in [3.8, 4) is 5.75 Å². The first-order valence-electron chi connectivity index (χ1n) is 5.11. The van der Waals surface area contributed by atoms with Crippen molar-refractivity contribution in [1.82, 2.24) is 5.32 Å². The molecule has 17 heavy (non-hydrogen) atoms. The Morgan fingerprint density at radius 2 is 2.35 bits per heavy atom. The van der Waals surface area contributed by atoms with E-state index in [9.17, 15) is 9.18 Å². The quantitative estimate of drug-likeness (QED) is 0.771. The summed E-state index contributed by atoms with van der Waals surface area (Å²) >= 11 is 0. The number of hydrogen-bond acceptors (Lipinski definition) is 4. The summed E-state index contributed by atoms with van der Waals surface area (Å²) in [6, 6.07) is 2.76. The lowest BCUT2D eigenvalue weighted by Gasteiger charge is -2.27. The normalized spacial score (nSPS) is 18.4. The molecule has 6 heteroatoms. The van der Waals surface area contributed by atoms with E-state index in [0.29, 0.717) is 29.8 Å². The molecule has 0 amide bonds. The Bertz CT molecular complexity index is 449. The van der Waals surface area contributed by atoms with Gasteiger partial charge in [0, 0.05) is 12.1 Å². The number of rotatable bonds is 2. The van der Waals surface area contributed by atoms with Gasteiger partial charge in [-0.25, -0.2) is 9.18 Å². The second-order valence-electron chi connectivity index (χ2n) is 3.61. The Hall–Kier alpha value is -1.82. The highest BCUT2D eigenvalue weighted by molar-refractivity contribution is 5.58. The molecule has 1 unspecified atom stereocenters. The van der Waals surface area contributed by atoms with Crippen molar-refractivity contribution in [3.05, 3.63) is 29.1 Å². The van der Waals surface area contributed by atoms with Crippen LogP contribution in [0.25, 0.3) is 0 Å². The maximum atomic E-state index is 13.6. The number of ether oxygens (including phenoxy) is 2. The topological polar surface area (TPSA) is 67.8 Å². The second-order valence-corrected chi connectivity index (χ2v) is 3.61. The first-order valence-corrected chi connectivity index (χ1v) is 5.11. The number of methoxy groups -OCH3 is 1. The Morgan fingerprint density at radius 1 is 1.59 bits per heavy atom. The fraction of sp³-hybridized carbons (Fsp3) is 0.364. The van der Waals surface area contributed by atoms with E-state index in [0.717, 1.165) is 0 Å². The van der Waals surface area contributed by atoms with E-state index in [4.69, 9.17) is 9.84 Å². The second kappa shape index (κ2) is 4.58. The van der Waals surface area contributed by atoms with E-state index in [1.807, 2.05) is 0 Å². The summed E-state index contributed by atoms with van der Waals surface area (Å²) in [6.45, 7) is 0.453. The highest BCUT2D eigenvalue weighted by atomic mass is 19.1. The third-order valence-corrected chi connectivity index (χ3v) is 2.67. The minimum absolute atomic E-state index is 0.374. The van der Waals surface area contributed by atoms with E-state index in [1.54, 1.807) is 0 Å². The first-order chi connectivity index (χ1) is 8.13. The van der Waals surface area contributed by atoms with E-state index in [-0.39, 0.29) is 5.82 Å². The van der Waals surface area contributed by atoms with Crippen LogP contribution in [0.4, 0.5) is 9.18 Å². The molecular weight excluding hydrogens is 229 g/mol. The van der Waals surface area contributed by atoms with Crippen LogP contribution in [0.2, 0.25) is 0 Å². The van der Waals surface area contributed by atoms with Gasteiger partial charge in [0.15, 0.2) is 6.23 Å². The minimum atomic E-state index is -1.42. The van der Waals surface area contributed by atoms with Gasteiger partial charge in [0.1, 0.15) is 11.6 Å². The zero-order chi connectivity index (χ0) is 12.4. The minimum Gasteiger partial charge on any atom is -0.496 e. The Labute approximate surface area is 97.1 Å². The lowest BCUT2D eigenvalue weighted by molar-refractivity contribution is 0.0317. The van der Waals surface area contributed by atoms with Crippen LogP contribution in [0.5, 0.6) is 5.75 Å². The van der Waals surface area contributed by atoms with Crippen molar-refractivity contribution in [2.75, 3.05) is 13.7 Å². The van der Waals surface area contributed by atoms with Crippen LogP contribution in [-0.4, -0.2) is 24.9 Å². The van der Waals surface area contributed by atoms with Gasteiger partial charge < -0.3 is 14.6 Å².